The van der Waals surface area contributed by atoms with Crippen LogP contribution in [0.5, 0.6) is 0 Å². The number of hydrogen-bond acceptors (Lipinski definition) is 5. The first kappa shape index (κ1) is 16.0. The van der Waals surface area contributed by atoms with Crippen LogP contribution in [0.3, 0.4) is 0 Å². The zero-order chi connectivity index (χ0) is 15.8. The highest BCUT2D eigenvalue weighted by Gasteiger charge is 2.18. The van der Waals surface area contributed by atoms with Gasteiger partial charge in [-0.2, -0.15) is 0 Å². The Labute approximate surface area is 129 Å². The van der Waals surface area contributed by atoms with Crippen LogP contribution in [-0.4, -0.2) is 44.0 Å². The Bertz CT molecular complexity index is 577. The van der Waals surface area contributed by atoms with Crippen molar-refractivity contribution in [2.24, 2.45) is 0 Å². The van der Waals surface area contributed by atoms with Gasteiger partial charge in [0.15, 0.2) is 0 Å². The standard InChI is InChI=1S/C16H20N4O2/c1-2-6-20(11-15(21)14-4-3-5-17-10-14)16(22)7-13-8-18-12-19-9-13/h3-5,8-10,12,15,21H,2,6-7,11H2,1H3. The summed E-state index contributed by atoms with van der Waals surface area (Å²) in [7, 11) is 0. The molecule has 1 amide bonds. The lowest BCUT2D eigenvalue weighted by Crippen LogP contribution is -2.36. The summed E-state index contributed by atoms with van der Waals surface area (Å²) in [5, 5.41) is 10.3. The minimum atomic E-state index is -0.740. The molecule has 0 saturated carbocycles. The van der Waals surface area contributed by atoms with Crippen LogP contribution in [0, 0.1) is 0 Å². The van der Waals surface area contributed by atoms with Crippen LogP contribution in [0.25, 0.3) is 0 Å². The van der Waals surface area contributed by atoms with Gasteiger partial charge < -0.3 is 10.0 Å². The highest BCUT2D eigenvalue weighted by molar-refractivity contribution is 5.78. The van der Waals surface area contributed by atoms with E-state index in [4.69, 9.17) is 0 Å². The van der Waals surface area contributed by atoms with Crippen molar-refractivity contribution < 1.29 is 9.90 Å². The van der Waals surface area contributed by atoms with Gasteiger partial charge in [-0.1, -0.05) is 13.0 Å². The van der Waals surface area contributed by atoms with Gasteiger partial charge in [-0.25, -0.2) is 9.97 Å². The van der Waals surface area contributed by atoms with Crippen LogP contribution in [0.15, 0.2) is 43.2 Å². The fraction of sp³-hybridized carbons (Fsp3) is 0.375. The Balaban J connectivity index is 2.01. The van der Waals surface area contributed by atoms with Crippen LogP contribution in [0.4, 0.5) is 0 Å². The summed E-state index contributed by atoms with van der Waals surface area (Å²) in [5.74, 6) is -0.0420. The lowest BCUT2D eigenvalue weighted by atomic mass is 10.1. The van der Waals surface area contributed by atoms with E-state index in [1.54, 1.807) is 41.8 Å². The van der Waals surface area contributed by atoms with Crippen molar-refractivity contribution in [3.63, 3.8) is 0 Å². The third-order valence-corrected chi connectivity index (χ3v) is 3.28. The normalized spacial score (nSPS) is 11.9. The van der Waals surface area contributed by atoms with E-state index < -0.39 is 6.10 Å². The summed E-state index contributed by atoms with van der Waals surface area (Å²) in [4.78, 5) is 25.9. The largest absolute Gasteiger partial charge is 0.386 e. The van der Waals surface area contributed by atoms with Gasteiger partial charge in [0.25, 0.3) is 0 Å². The Morgan fingerprint density at radius 2 is 2.05 bits per heavy atom. The number of aliphatic hydroxyl groups excluding tert-OH is 1. The van der Waals surface area contributed by atoms with Crippen LogP contribution in [-0.2, 0) is 11.2 Å². The van der Waals surface area contributed by atoms with Gasteiger partial charge in [0.1, 0.15) is 6.33 Å². The van der Waals surface area contributed by atoms with E-state index in [9.17, 15) is 9.90 Å². The number of carbonyl (C=O) groups is 1. The number of rotatable bonds is 7. The highest BCUT2D eigenvalue weighted by Crippen LogP contribution is 2.14. The van der Waals surface area contributed by atoms with Gasteiger partial charge in [-0.3, -0.25) is 9.78 Å². The van der Waals surface area contributed by atoms with Gasteiger partial charge in [0.05, 0.1) is 19.1 Å². The van der Waals surface area contributed by atoms with Crippen molar-refractivity contribution in [2.75, 3.05) is 13.1 Å². The maximum absolute atomic E-state index is 12.4. The molecule has 0 aliphatic rings. The summed E-state index contributed by atoms with van der Waals surface area (Å²) in [5.41, 5.74) is 1.48. The number of carbonyl (C=O) groups excluding carboxylic acids is 1. The Kier molecular flexibility index (Phi) is 5.97. The predicted octanol–water partition coefficient (Wildman–Crippen LogP) is 1.39. The Hall–Kier alpha value is -2.34. The SMILES string of the molecule is CCCN(CC(O)c1cccnc1)C(=O)Cc1cncnc1. The van der Waals surface area contributed by atoms with Crippen LogP contribution in [0.1, 0.15) is 30.6 Å². The summed E-state index contributed by atoms with van der Waals surface area (Å²) in [6.07, 6.45) is 8.29. The molecule has 2 rings (SSSR count). The molecular weight excluding hydrogens is 280 g/mol. The molecule has 0 aliphatic carbocycles. The van der Waals surface area contributed by atoms with E-state index >= 15 is 0 Å². The fourth-order valence-electron chi connectivity index (χ4n) is 2.18. The van der Waals surface area contributed by atoms with Gasteiger partial charge >= 0.3 is 0 Å². The molecule has 2 heterocycles. The smallest absolute Gasteiger partial charge is 0.227 e. The molecule has 0 bridgehead atoms. The second-order valence-corrected chi connectivity index (χ2v) is 5.07. The van der Waals surface area contributed by atoms with E-state index in [2.05, 4.69) is 15.0 Å². The van der Waals surface area contributed by atoms with E-state index in [0.717, 1.165) is 12.0 Å². The zero-order valence-corrected chi connectivity index (χ0v) is 12.6. The van der Waals surface area contributed by atoms with Crippen molar-refractivity contribution in [2.45, 2.75) is 25.9 Å². The average molecular weight is 300 g/mol. The summed E-state index contributed by atoms with van der Waals surface area (Å²) >= 11 is 0. The third kappa shape index (κ3) is 4.60. The monoisotopic (exact) mass is 300 g/mol. The van der Waals surface area contributed by atoms with Crippen molar-refractivity contribution >= 4 is 5.91 Å². The molecule has 0 fully saturated rings. The molecule has 6 heteroatoms. The topological polar surface area (TPSA) is 79.2 Å². The number of hydrogen-bond donors (Lipinski definition) is 1. The van der Waals surface area contributed by atoms with E-state index in [1.165, 1.54) is 6.33 Å². The van der Waals surface area contributed by atoms with Gasteiger partial charge in [0.2, 0.25) is 5.91 Å². The molecule has 116 valence electrons. The van der Waals surface area contributed by atoms with E-state index in [-0.39, 0.29) is 18.9 Å². The van der Waals surface area contributed by atoms with E-state index in [1.807, 2.05) is 6.92 Å². The minimum Gasteiger partial charge on any atom is -0.386 e. The average Bonchev–Trinajstić information content (AvgIpc) is 2.56. The molecule has 2 aromatic heterocycles. The molecule has 22 heavy (non-hydrogen) atoms. The molecule has 0 spiro atoms. The Morgan fingerprint density at radius 3 is 2.68 bits per heavy atom. The van der Waals surface area contributed by atoms with Crippen LogP contribution < -0.4 is 0 Å². The number of amides is 1. The quantitative estimate of drug-likeness (QED) is 0.836. The number of aliphatic hydroxyl groups is 1. The van der Waals surface area contributed by atoms with Gasteiger partial charge in [0, 0.05) is 36.9 Å². The lowest BCUT2D eigenvalue weighted by Gasteiger charge is -2.25. The molecule has 1 N–H and O–H groups in total. The summed E-state index contributed by atoms with van der Waals surface area (Å²) < 4.78 is 0. The molecule has 6 nitrogen and oxygen atoms in total. The summed E-state index contributed by atoms with van der Waals surface area (Å²) in [6, 6.07) is 3.57. The molecule has 1 atom stereocenters. The molecule has 2 aromatic rings. The van der Waals surface area contributed by atoms with Crippen molar-refractivity contribution in [3.8, 4) is 0 Å². The van der Waals surface area contributed by atoms with Crippen LogP contribution in [0.2, 0.25) is 0 Å². The van der Waals surface area contributed by atoms with E-state index in [0.29, 0.717) is 12.1 Å². The molecule has 0 aliphatic heterocycles. The zero-order valence-electron chi connectivity index (χ0n) is 12.6. The maximum Gasteiger partial charge on any atom is 0.227 e. The van der Waals surface area contributed by atoms with Gasteiger partial charge in [-0.05, 0) is 18.1 Å². The summed E-state index contributed by atoms with van der Waals surface area (Å²) in [6.45, 7) is 2.86. The third-order valence-electron chi connectivity index (χ3n) is 3.28. The number of aromatic nitrogens is 3. The van der Waals surface area contributed by atoms with Crippen molar-refractivity contribution in [1.82, 2.24) is 19.9 Å². The lowest BCUT2D eigenvalue weighted by molar-refractivity contribution is -0.132. The van der Waals surface area contributed by atoms with Crippen molar-refractivity contribution in [1.29, 1.82) is 0 Å². The maximum atomic E-state index is 12.4. The fourth-order valence-corrected chi connectivity index (χ4v) is 2.18. The highest BCUT2D eigenvalue weighted by atomic mass is 16.3. The predicted molar refractivity (Wildman–Crippen MR) is 81.8 cm³/mol. The molecule has 0 radical (unpaired) electrons. The first-order valence-electron chi connectivity index (χ1n) is 7.30. The Morgan fingerprint density at radius 1 is 1.27 bits per heavy atom. The number of nitrogens with zero attached hydrogens (tertiary/aromatic N) is 4. The molecule has 1 unspecified atom stereocenters. The van der Waals surface area contributed by atoms with Crippen LogP contribution >= 0.6 is 0 Å². The van der Waals surface area contributed by atoms with Crippen molar-refractivity contribution in [3.05, 3.63) is 54.4 Å². The molecular formula is C16H20N4O2. The first-order valence-corrected chi connectivity index (χ1v) is 7.30. The molecule has 0 aromatic carbocycles. The number of pyridine rings is 1. The second kappa shape index (κ2) is 8.19. The first-order chi connectivity index (χ1) is 10.7. The molecule has 0 saturated heterocycles. The minimum absolute atomic E-state index is 0.0420. The van der Waals surface area contributed by atoms with Gasteiger partial charge in [-0.15, -0.1) is 0 Å². The second-order valence-electron chi connectivity index (χ2n) is 5.07.